The van der Waals surface area contributed by atoms with E-state index in [9.17, 15) is 4.79 Å². The minimum absolute atomic E-state index is 0.0377. The van der Waals surface area contributed by atoms with Gasteiger partial charge in [0, 0.05) is 17.8 Å². The lowest BCUT2D eigenvalue weighted by Crippen LogP contribution is -2.27. The Morgan fingerprint density at radius 2 is 1.71 bits per heavy atom. The van der Waals surface area contributed by atoms with Crippen molar-refractivity contribution in [3.05, 3.63) is 53.6 Å². The number of ketones is 1. The number of hydrogen-bond donors (Lipinski definition) is 2. The molecule has 0 bridgehead atoms. The maximum absolute atomic E-state index is 11.3. The third-order valence-corrected chi connectivity index (χ3v) is 3.70. The van der Waals surface area contributed by atoms with Crippen LogP contribution in [0.5, 0.6) is 11.5 Å². The molecule has 0 atom stereocenters. The van der Waals surface area contributed by atoms with E-state index in [4.69, 9.17) is 21.7 Å². The van der Waals surface area contributed by atoms with Crippen molar-refractivity contribution in [2.24, 2.45) is 0 Å². The molecule has 0 aliphatic rings. The number of anilines is 1. The number of methoxy groups -OCH3 is 2. The van der Waals surface area contributed by atoms with Gasteiger partial charge in [0.15, 0.2) is 22.4 Å². The summed E-state index contributed by atoms with van der Waals surface area (Å²) in [5.74, 6) is 1.40. The van der Waals surface area contributed by atoms with E-state index in [-0.39, 0.29) is 5.78 Å². The summed E-state index contributed by atoms with van der Waals surface area (Å²) in [5.41, 5.74) is 2.51. The normalized spacial score (nSPS) is 9.96. The first-order chi connectivity index (χ1) is 11.5. The first-order valence-corrected chi connectivity index (χ1v) is 7.81. The van der Waals surface area contributed by atoms with E-state index in [0.717, 1.165) is 11.3 Å². The van der Waals surface area contributed by atoms with Crippen molar-refractivity contribution < 1.29 is 14.3 Å². The Hall–Kier alpha value is -2.60. The second-order valence-electron chi connectivity index (χ2n) is 5.13. The molecule has 0 saturated heterocycles. The smallest absolute Gasteiger partial charge is 0.171 e. The molecule has 0 aliphatic heterocycles. The van der Waals surface area contributed by atoms with Gasteiger partial charge in [-0.15, -0.1) is 0 Å². The van der Waals surface area contributed by atoms with Crippen molar-refractivity contribution in [2.45, 2.75) is 13.5 Å². The molecule has 6 heteroatoms. The molecule has 126 valence electrons. The number of rotatable bonds is 6. The van der Waals surface area contributed by atoms with Crippen molar-refractivity contribution >= 4 is 28.8 Å². The van der Waals surface area contributed by atoms with Gasteiger partial charge in [-0.2, -0.15) is 0 Å². The summed E-state index contributed by atoms with van der Waals surface area (Å²) < 4.78 is 10.5. The van der Waals surface area contributed by atoms with Gasteiger partial charge in [-0.05, 0) is 61.1 Å². The summed E-state index contributed by atoms with van der Waals surface area (Å²) in [6.07, 6.45) is 0. The van der Waals surface area contributed by atoms with Crippen LogP contribution in [-0.2, 0) is 6.54 Å². The standard InChI is InChI=1S/C18H20N2O3S/c1-12(21)14-5-7-15(8-6-14)20-18(24)19-11-13-4-9-16(22-2)17(10-13)23-3/h4-10H,11H2,1-3H3,(H2,19,20,24). The molecule has 0 aromatic heterocycles. The van der Waals surface area contributed by atoms with Gasteiger partial charge in [-0.25, -0.2) is 0 Å². The molecule has 0 unspecified atom stereocenters. The van der Waals surface area contributed by atoms with Gasteiger partial charge in [0.2, 0.25) is 0 Å². The number of benzene rings is 2. The summed E-state index contributed by atoms with van der Waals surface area (Å²) in [7, 11) is 3.21. The van der Waals surface area contributed by atoms with E-state index in [2.05, 4.69) is 10.6 Å². The van der Waals surface area contributed by atoms with Gasteiger partial charge in [0.1, 0.15) is 0 Å². The monoisotopic (exact) mass is 344 g/mol. The van der Waals surface area contributed by atoms with Crippen molar-refractivity contribution in [1.82, 2.24) is 5.32 Å². The lowest BCUT2D eigenvalue weighted by molar-refractivity contribution is 0.101. The van der Waals surface area contributed by atoms with Crippen LogP contribution in [0.1, 0.15) is 22.8 Å². The van der Waals surface area contributed by atoms with Gasteiger partial charge in [0.25, 0.3) is 0 Å². The van der Waals surface area contributed by atoms with Gasteiger partial charge in [0.05, 0.1) is 14.2 Å². The minimum atomic E-state index is 0.0377. The molecule has 2 N–H and O–H groups in total. The third-order valence-electron chi connectivity index (χ3n) is 3.45. The van der Waals surface area contributed by atoms with Crippen molar-refractivity contribution in [3.8, 4) is 11.5 Å². The molecular weight excluding hydrogens is 324 g/mol. The van der Waals surface area contributed by atoms with Crippen LogP contribution >= 0.6 is 12.2 Å². The van der Waals surface area contributed by atoms with Gasteiger partial charge < -0.3 is 20.1 Å². The van der Waals surface area contributed by atoms with E-state index in [1.54, 1.807) is 26.4 Å². The molecular formula is C18H20N2O3S. The number of hydrogen-bond acceptors (Lipinski definition) is 4. The molecule has 0 amide bonds. The van der Waals surface area contributed by atoms with Crippen molar-refractivity contribution in [3.63, 3.8) is 0 Å². The fourth-order valence-corrected chi connectivity index (χ4v) is 2.33. The zero-order valence-corrected chi connectivity index (χ0v) is 14.7. The number of carbonyl (C=O) groups is 1. The predicted octanol–water partition coefficient (Wildman–Crippen LogP) is 3.39. The van der Waals surface area contributed by atoms with E-state index < -0.39 is 0 Å². The molecule has 0 heterocycles. The van der Waals surface area contributed by atoms with Crippen LogP contribution in [0.25, 0.3) is 0 Å². The maximum atomic E-state index is 11.3. The molecule has 0 saturated carbocycles. The molecule has 5 nitrogen and oxygen atoms in total. The highest BCUT2D eigenvalue weighted by Crippen LogP contribution is 2.27. The Kier molecular flexibility index (Phi) is 6.14. The Balaban J connectivity index is 1.92. The first-order valence-electron chi connectivity index (χ1n) is 7.40. The van der Waals surface area contributed by atoms with Gasteiger partial charge in [-0.3, -0.25) is 4.79 Å². The highest BCUT2D eigenvalue weighted by Gasteiger charge is 2.05. The van der Waals surface area contributed by atoms with Gasteiger partial charge in [-0.1, -0.05) is 6.07 Å². The van der Waals surface area contributed by atoms with E-state index in [1.165, 1.54) is 6.92 Å². The highest BCUT2D eigenvalue weighted by atomic mass is 32.1. The van der Waals surface area contributed by atoms with Crippen LogP contribution in [-0.4, -0.2) is 25.1 Å². The van der Waals surface area contributed by atoms with E-state index >= 15 is 0 Å². The molecule has 0 aliphatic carbocycles. The largest absolute Gasteiger partial charge is 0.493 e. The van der Waals surface area contributed by atoms with Crippen LogP contribution < -0.4 is 20.1 Å². The van der Waals surface area contributed by atoms with E-state index in [1.807, 2.05) is 30.3 Å². The Morgan fingerprint density at radius 1 is 1.04 bits per heavy atom. The minimum Gasteiger partial charge on any atom is -0.493 e. The zero-order valence-electron chi connectivity index (χ0n) is 13.9. The summed E-state index contributed by atoms with van der Waals surface area (Å²) in [6.45, 7) is 2.09. The van der Waals surface area contributed by atoms with Crippen LogP contribution in [0.15, 0.2) is 42.5 Å². The molecule has 0 fully saturated rings. The van der Waals surface area contributed by atoms with Crippen LogP contribution in [0.2, 0.25) is 0 Å². The van der Waals surface area contributed by atoms with Gasteiger partial charge >= 0.3 is 0 Å². The molecule has 0 spiro atoms. The number of nitrogens with one attached hydrogen (secondary N) is 2. The van der Waals surface area contributed by atoms with Crippen molar-refractivity contribution in [2.75, 3.05) is 19.5 Å². The quantitative estimate of drug-likeness (QED) is 0.619. The summed E-state index contributed by atoms with van der Waals surface area (Å²) in [4.78, 5) is 11.3. The number of Topliss-reactive ketones (excluding diaryl/α,β-unsaturated/α-hetero) is 1. The molecule has 24 heavy (non-hydrogen) atoms. The maximum Gasteiger partial charge on any atom is 0.171 e. The summed E-state index contributed by atoms with van der Waals surface area (Å²) in [6, 6.07) is 12.9. The zero-order chi connectivity index (χ0) is 17.5. The number of carbonyl (C=O) groups excluding carboxylic acids is 1. The summed E-state index contributed by atoms with van der Waals surface area (Å²) >= 11 is 5.28. The topological polar surface area (TPSA) is 59.6 Å². The van der Waals surface area contributed by atoms with Crippen molar-refractivity contribution in [1.29, 1.82) is 0 Å². The predicted molar refractivity (Wildman–Crippen MR) is 99.1 cm³/mol. The Bertz CT molecular complexity index is 730. The number of thiocarbonyl (C=S) groups is 1. The molecule has 2 rings (SSSR count). The second kappa shape index (κ2) is 8.31. The molecule has 0 radical (unpaired) electrons. The SMILES string of the molecule is COc1ccc(CNC(=S)Nc2ccc(C(C)=O)cc2)cc1OC. The molecule has 2 aromatic carbocycles. The lowest BCUT2D eigenvalue weighted by atomic mass is 10.1. The average Bonchev–Trinajstić information content (AvgIpc) is 2.60. The molecule has 2 aromatic rings. The first kappa shape index (κ1) is 17.7. The Morgan fingerprint density at radius 3 is 2.29 bits per heavy atom. The van der Waals surface area contributed by atoms with Crippen LogP contribution in [0.4, 0.5) is 5.69 Å². The number of ether oxygens (including phenoxy) is 2. The fraction of sp³-hybridized carbons (Fsp3) is 0.222. The Labute approximate surface area is 147 Å². The van der Waals surface area contributed by atoms with Crippen LogP contribution in [0.3, 0.4) is 0 Å². The third kappa shape index (κ3) is 4.70. The fourth-order valence-electron chi connectivity index (χ4n) is 2.14. The second-order valence-corrected chi connectivity index (χ2v) is 5.54. The summed E-state index contributed by atoms with van der Waals surface area (Å²) in [5, 5.41) is 6.71. The van der Waals surface area contributed by atoms with Crippen LogP contribution in [0, 0.1) is 0 Å². The average molecular weight is 344 g/mol. The highest BCUT2D eigenvalue weighted by molar-refractivity contribution is 7.80. The lowest BCUT2D eigenvalue weighted by Gasteiger charge is -2.13. The van der Waals surface area contributed by atoms with E-state index in [0.29, 0.717) is 28.7 Å².